The van der Waals surface area contributed by atoms with Gasteiger partial charge >= 0.3 is 0 Å². The molecule has 0 spiro atoms. The number of Topliss-reactive ketones (excluding diaryl/α,β-unsaturated/α-hetero) is 1. The van der Waals surface area contributed by atoms with E-state index < -0.39 is 0 Å². The number of thioether (sulfide) groups is 1. The van der Waals surface area contributed by atoms with E-state index in [1.165, 1.54) is 4.90 Å². The van der Waals surface area contributed by atoms with Gasteiger partial charge in [0.15, 0.2) is 5.78 Å². The van der Waals surface area contributed by atoms with Gasteiger partial charge in [0.1, 0.15) is 0 Å². The minimum absolute atomic E-state index is 0.0426. The summed E-state index contributed by atoms with van der Waals surface area (Å²) in [6, 6.07) is 7.90. The molecular formula is C16H23NO2S. The van der Waals surface area contributed by atoms with Crippen LogP contribution in [0, 0.1) is 5.92 Å². The van der Waals surface area contributed by atoms with Gasteiger partial charge in [0.25, 0.3) is 0 Å². The van der Waals surface area contributed by atoms with Crippen LogP contribution in [0.25, 0.3) is 0 Å². The molecule has 1 aromatic carbocycles. The van der Waals surface area contributed by atoms with Crippen molar-refractivity contribution in [3.8, 4) is 0 Å². The Morgan fingerprint density at radius 2 is 1.80 bits per heavy atom. The lowest BCUT2D eigenvalue weighted by Crippen LogP contribution is -2.49. The van der Waals surface area contributed by atoms with Gasteiger partial charge < -0.3 is 4.74 Å². The highest BCUT2D eigenvalue weighted by Gasteiger charge is 2.30. The van der Waals surface area contributed by atoms with Crippen LogP contribution in [0.3, 0.4) is 0 Å². The molecule has 0 bridgehead atoms. The third kappa shape index (κ3) is 3.62. The predicted octanol–water partition coefficient (Wildman–Crippen LogP) is 2.95. The highest BCUT2D eigenvalue weighted by atomic mass is 32.2. The van der Waals surface area contributed by atoms with Crippen LogP contribution in [0.15, 0.2) is 29.2 Å². The highest BCUT2D eigenvalue weighted by molar-refractivity contribution is 7.98. The molecule has 1 atom stereocenters. The lowest BCUT2D eigenvalue weighted by molar-refractivity contribution is 0.00905. The van der Waals surface area contributed by atoms with E-state index in [0.29, 0.717) is 5.92 Å². The van der Waals surface area contributed by atoms with E-state index in [0.717, 1.165) is 31.9 Å². The largest absolute Gasteiger partial charge is 0.379 e. The molecule has 1 aliphatic rings. The van der Waals surface area contributed by atoms with Gasteiger partial charge in [-0.15, -0.1) is 11.8 Å². The van der Waals surface area contributed by atoms with E-state index in [9.17, 15) is 4.79 Å². The van der Waals surface area contributed by atoms with Gasteiger partial charge in [0.05, 0.1) is 19.3 Å². The van der Waals surface area contributed by atoms with Crippen molar-refractivity contribution in [3.63, 3.8) is 0 Å². The third-order valence-corrected chi connectivity index (χ3v) is 4.46. The number of ether oxygens (including phenoxy) is 1. The minimum atomic E-state index is -0.0426. The molecule has 0 N–H and O–H groups in total. The SMILES string of the molecule is CSc1ccc(C(=O)C(C(C)C)N2CCOCC2)cc1. The molecule has 110 valence electrons. The predicted molar refractivity (Wildman–Crippen MR) is 83.6 cm³/mol. The summed E-state index contributed by atoms with van der Waals surface area (Å²) in [4.78, 5) is 16.2. The van der Waals surface area contributed by atoms with Crippen molar-refractivity contribution in [2.45, 2.75) is 24.8 Å². The van der Waals surface area contributed by atoms with Crippen LogP contribution in [-0.2, 0) is 4.74 Å². The van der Waals surface area contributed by atoms with Crippen molar-refractivity contribution >= 4 is 17.5 Å². The van der Waals surface area contributed by atoms with E-state index in [-0.39, 0.29) is 11.8 Å². The zero-order chi connectivity index (χ0) is 14.5. The monoisotopic (exact) mass is 293 g/mol. The summed E-state index contributed by atoms with van der Waals surface area (Å²) in [7, 11) is 0. The Bertz CT molecular complexity index is 438. The molecule has 4 heteroatoms. The second-order valence-corrected chi connectivity index (χ2v) is 6.31. The lowest BCUT2D eigenvalue weighted by Gasteiger charge is -2.35. The number of rotatable bonds is 5. The van der Waals surface area contributed by atoms with E-state index >= 15 is 0 Å². The second-order valence-electron chi connectivity index (χ2n) is 5.43. The number of carbonyl (C=O) groups excluding carboxylic acids is 1. The van der Waals surface area contributed by atoms with E-state index in [2.05, 4.69) is 18.7 Å². The zero-order valence-corrected chi connectivity index (χ0v) is 13.3. The zero-order valence-electron chi connectivity index (χ0n) is 12.5. The summed E-state index contributed by atoms with van der Waals surface area (Å²) in [5, 5.41) is 0. The highest BCUT2D eigenvalue weighted by Crippen LogP contribution is 2.20. The molecular weight excluding hydrogens is 270 g/mol. The molecule has 0 aromatic heterocycles. The van der Waals surface area contributed by atoms with Gasteiger partial charge in [-0.1, -0.05) is 26.0 Å². The number of hydrogen-bond acceptors (Lipinski definition) is 4. The summed E-state index contributed by atoms with van der Waals surface area (Å²) in [5.41, 5.74) is 0.813. The van der Waals surface area contributed by atoms with Gasteiger partial charge in [0, 0.05) is 23.5 Å². The quantitative estimate of drug-likeness (QED) is 0.616. The molecule has 3 nitrogen and oxygen atoms in total. The van der Waals surface area contributed by atoms with Crippen LogP contribution in [-0.4, -0.2) is 49.3 Å². The fraction of sp³-hybridized carbons (Fsp3) is 0.562. The Balaban J connectivity index is 2.16. The number of ketones is 1. The Morgan fingerprint density at radius 3 is 2.30 bits per heavy atom. The Labute approximate surface area is 125 Å². The first-order valence-corrected chi connectivity index (χ1v) is 8.36. The van der Waals surface area contributed by atoms with Gasteiger partial charge in [-0.05, 0) is 24.3 Å². The smallest absolute Gasteiger partial charge is 0.180 e. The van der Waals surface area contributed by atoms with Crippen LogP contribution in [0.1, 0.15) is 24.2 Å². The summed E-state index contributed by atoms with van der Waals surface area (Å²) in [5.74, 6) is 0.537. The molecule has 20 heavy (non-hydrogen) atoms. The first-order chi connectivity index (χ1) is 9.63. The molecule has 0 saturated carbocycles. The van der Waals surface area contributed by atoms with Crippen LogP contribution in [0.4, 0.5) is 0 Å². The maximum absolute atomic E-state index is 12.8. The second kappa shape index (κ2) is 7.25. The van der Waals surface area contributed by atoms with Gasteiger partial charge in [-0.2, -0.15) is 0 Å². The molecule has 0 amide bonds. The van der Waals surface area contributed by atoms with Crippen molar-refractivity contribution in [2.75, 3.05) is 32.6 Å². The fourth-order valence-electron chi connectivity index (χ4n) is 2.67. The summed E-state index contributed by atoms with van der Waals surface area (Å²) >= 11 is 1.69. The number of morpholine rings is 1. The van der Waals surface area contributed by atoms with Gasteiger partial charge in [-0.3, -0.25) is 9.69 Å². The molecule has 1 heterocycles. The van der Waals surface area contributed by atoms with Crippen molar-refractivity contribution in [3.05, 3.63) is 29.8 Å². The standard InChI is InChI=1S/C16H23NO2S/c1-12(2)15(17-8-10-19-11-9-17)16(18)13-4-6-14(20-3)7-5-13/h4-7,12,15H,8-11H2,1-3H3. The van der Waals surface area contributed by atoms with E-state index in [1.54, 1.807) is 11.8 Å². The maximum atomic E-state index is 12.8. The van der Waals surface area contributed by atoms with E-state index in [1.807, 2.05) is 30.5 Å². The van der Waals surface area contributed by atoms with Crippen LogP contribution in [0.5, 0.6) is 0 Å². The third-order valence-electron chi connectivity index (χ3n) is 3.71. The van der Waals surface area contributed by atoms with E-state index in [4.69, 9.17) is 4.74 Å². The van der Waals surface area contributed by atoms with Crippen molar-refractivity contribution in [1.29, 1.82) is 0 Å². The topological polar surface area (TPSA) is 29.5 Å². The van der Waals surface area contributed by atoms with Crippen LogP contribution < -0.4 is 0 Å². The average molecular weight is 293 g/mol. The van der Waals surface area contributed by atoms with Crippen molar-refractivity contribution < 1.29 is 9.53 Å². The van der Waals surface area contributed by atoms with Crippen LogP contribution >= 0.6 is 11.8 Å². The average Bonchev–Trinajstić information content (AvgIpc) is 2.48. The van der Waals surface area contributed by atoms with Crippen molar-refractivity contribution in [1.82, 2.24) is 4.90 Å². The first kappa shape index (κ1) is 15.5. The molecule has 1 aromatic rings. The Morgan fingerprint density at radius 1 is 1.20 bits per heavy atom. The Hall–Kier alpha value is -0.840. The number of carbonyl (C=O) groups is 1. The van der Waals surface area contributed by atoms with Crippen LogP contribution in [0.2, 0.25) is 0 Å². The Kier molecular flexibility index (Phi) is 5.64. The number of nitrogens with zero attached hydrogens (tertiary/aromatic N) is 1. The number of benzene rings is 1. The first-order valence-electron chi connectivity index (χ1n) is 7.13. The number of hydrogen-bond donors (Lipinski definition) is 0. The molecule has 1 fully saturated rings. The summed E-state index contributed by atoms with van der Waals surface area (Å²) in [6.45, 7) is 7.38. The molecule has 1 saturated heterocycles. The summed E-state index contributed by atoms with van der Waals surface area (Å²) in [6.07, 6.45) is 2.04. The fourth-order valence-corrected chi connectivity index (χ4v) is 3.08. The van der Waals surface area contributed by atoms with Crippen molar-refractivity contribution in [2.24, 2.45) is 5.92 Å². The normalized spacial score (nSPS) is 18.2. The molecule has 2 rings (SSSR count). The summed E-state index contributed by atoms with van der Waals surface area (Å²) < 4.78 is 5.39. The molecule has 1 unspecified atom stereocenters. The maximum Gasteiger partial charge on any atom is 0.180 e. The van der Waals surface area contributed by atoms with Gasteiger partial charge in [-0.25, -0.2) is 0 Å². The molecule has 0 aliphatic carbocycles. The lowest BCUT2D eigenvalue weighted by atomic mass is 9.93. The molecule has 1 aliphatic heterocycles. The minimum Gasteiger partial charge on any atom is -0.379 e. The van der Waals surface area contributed by atoms with Gasteiger partial charge in [0.2, 0.25) is 0 Å². The molecule has 0 radical (unpaired) electrons.